The van der Waals surface area contributed by atoms with Gasteiger partial charge in [-0.2, -0.15) is 0 Å². The first-order chi connectivity index (χ1) is 15.8. The predicted octanol–water partition coefficient (Wildman–Crippen LogP) is 5.17. The maximum Gasteiger partial charge on any atom is 0.322 e. The second kappa shape index (κ2) is 9.65. The van der Waals surface area contributed by atoms with E-state index in [4.69, 9.17) is 16.0 Å². The molecule has 1 amide bonds. The Labute approximate surface area is 199 Å². The van der Waals surface area contributed by atoms with Gasteiger partial charge in [-0.05, 0) is 73.0 Å². The first-order valence-electron chi connectivity index (χ1n) is 9.52. The Kier molecular flexibility index (Phi) is 6.68. The van der Waals surface area contributed by atoms with Crippen molar-refractivity contribution in [2.24, 2.45) is 0 Å². The van der Waals surface area contributed by atoms with Crippen LogP contribution in [0.15, 0.2) is 87.0 Å². The quantitative estimate of drug-likeness (QED) is 0.336. The lowest BCUT2D eigenvalue weighted by atomic mass is 10.2. The van der Waals surface area contributed by atoms with Crippen molar-refractivity contribution < 1.29 is 17.6 Å². The molecule has 0 fully saturated rings. The summed E-state index contributed by atoms with van der Waals surface area (Å²) in [6.45, 7) is 0. The van der Waals surface area contributed by atoms with Gasteiger partial charge in [-0.25, -0.2) is 8.42 Å². The van der Waals surface area contributed by atoms with E-state index < -0.39 is 15.9 Å². The molecular formula is C22H17ClN4O4S2. The van der Waals surface area contributed by atoms with E-state index in [2.05, 4.69) is 20.2 Å². The number of hydrogen-bond donors (Lipinski definition) is 2. The second-order valence-electron chi connectivity index (χ2n) is 6.74. The number of carbonyl (C=O) groups is 1. The minimum Gasteiger partial charge on any atom is -0.403 e. The summed E-state index contributed by atoms with van der Waals surface area (Å²) in [5.74, 6) is -0.191. The van der Waals surface area contributed by atoms with E-state index in [1.807, 2.05) is 30.5 Å². The molecule has 0 saturated heterocycles. The number of nitrogens with zero attached hydrogens (tertiary/aromatic N) is 2. The summed E-state index contributed by atoms with van der Waals surface area (Å²) in [4.78, 5) is 13.6. The van der Waals surface area contributed by atoms with Gasteiger partial charge < -0.3 is 4.42 Å². The summed E-state index contributed by atoms with van der Waals surface area (Å²) >= 11 is 7.39. The molecule has 1 aromatic heterocycles. The molecule has 11 heteroatoms. The van der Waals surface area contributed by atoms with E-state index in [9.17, 15) is 13.2 Å². The Morgan fingerprint density at radius 2 is 1.73 bits per heavy atom. The third-order valence-corrected chi connectivity index (χ3v) is 6.86. The summed E-state index contributed by atoms with van der Waals surface area (Å²) < 4.78 is 32.9. The minimum atomic E-state index is -3.78. The number of amides is 1. The van der Waals surface area contributed by atoms with E-state index in [1.54, 1.807) is 11.8 Å². The summed E-state index contributed by atoms with van der Waals surface area (Å²) in [7, 11) is -3.78. The average Bonchev–Trinajstić information content (AvgIpc) is 3.28. The number of sulfonamides is 1. The lowest BCUT2D eigenvalue weighted by Gasteiger charge is -2.09. The summed E-state index contributed by atoms with van der Waals surface area (Å²) in [6, 6.07) is 19.3. The van der Waals surface area contributed by atoms with E-state index in [-0.39, 0.29) is 22.4 Å². The Balaban J connectivity index is 1.42. The maximum absolute atomic E-state index is 12.5. The smallest absolute Gasteiger partial charge is 0.322 e. The molecule has 0 aliphatic rings. The van der Waals surface area contributed by atoms with Crippen LogP contribution in [-0.2, 0) is 10.0 Å². The van der Waals surface area contributed by atoms with Crippen LogP contribution in [0.1, 0.15) is 10.4 Å². The molecule has 2 N–H and O–H groups in total. The van der Waals surface area contributed by atoms with Crippen molar-refractivity contribution >= 4 is 51.0 Å². The minimum absolute atomic E-state index is 0.0444. The summed E-state index contributed by atoms with van der Waals surface area (Å²) in [6.07, 6.45) is 1.96. The molecule has 0 aliphatic heterocycles. The number of hydrogen-bond acceptors (Lipinski definition) is 7. The normalized spacial score (nSPS) is 11.2. The van der Waals surface area contributed by atoms with E-state index >= 15 is 0 Å². The SMILES string of the molecule is CSc1cccc(-c2nnc(NC(=O)c3ccc(NS(=O)(=O)c4ccc(Cl)cc4)cc3)o2)c1. The number of aromatic nitrogens is 2. The van der Waals surface area contributed by atoms with Crippen molar-refractivity contribution in [3.05, 3.63) is 83.4 Å². The molecule has 0 unspecified atom stereocenters. The third-order valence-electron chi connectivity index (χ3n) is 4.49. The predicted molar refractivity (Wildman–Crippen MR) is 128 cm³/mol. The van der Waals surface area contributed by atoms with Crippen LogP contribution >= 0.6 is 23.4 Å². The fourth-order valence-electron chi connectivity index (χ4n) is 2.83. The molecule has 4 aromatic rings. The Hall–Kier alpha value is -3.34. The number of carbonyl (C=O) groups excluding carboxylic acids is 1. The van der Waals surface area contributed by atoms with Gasteiger partial charge in [0.1, 0.15) is 0 Å². The van der Waals surface area contributed by atoms with Gasteiger partial charge in [-0.15, -0.1) is 16.9 Å². The van der Waals surface area contributed by atoms with Crippen LogP contribution in [0.4, 0.5) is 11.7 Å². The number of nitrogens with one attached hydrogen (secondary N) is 2. The monoisotopic (exact) mass is 500 g/mol. The van der Waals surface area contributed by atoms with Crippen LogP contribution in [0, 0.1) is 0 Å². The fourth-order valence-corrected chi connectivity index (χ4v) is 4.48. The third kappa shape index (κ3) is 5.54. The standard InChI is InChI=1S/C22H17ClN4O4S2/c1-32-18-4-2-3-15(13-18)21-25-26-22(31-21)24-20(28)14-5-9-17(10-6-14)27-33(29,30)19-11-7-16(23)8-12-19/h2-13,27H,1H3,(H,24,26,28). The zero-order chi connectivity index (χ0) is 23.4. The van der Waals surface area contributed by atoms with Gasteiger partial charge in [0.2, 0.25) is 5.89 Å². The zero-order valence-electron chi connectivity index (χ0n) is 17.2. The molecule has 4 rings (SSSR count). The van der Waals surface area contributed by atoms with Crippen LogP contribution in [0.2, 0.25) is 5.02 Å². The van der Waals surface area contributed by atoms with E-state index in [1.165, 1.54) is 48.5 Å². The number of anilines is 2. The van der Waals surface area contributed by atoms with Crippen molar-refractivity contribution in [2.75, 3.05) is 16.3 Å². The highest BCUT2D eigenvalue weighted by molar-refractivity contribution is 7.98. The van der Waals surface area contributed by atoms with Crippen molar-refractivity contribution in [1.29, 1.82) is 0 Å². The van der Waals surface area contributed by atoms with Crippen molar-refractivity contribution in [3.63, 3.8) is 0 Å². The molecular weight excluding hydrogens is 484 g/mol. The van der Waals surface area contributed by atoms with Crippen LogP contribution in [0.3, 0.4) is 0 Å². The lowest BCUT2D eigenvalue weighted by Crippen LogP contribution is -2.14. The van der Waals surface area contributed by atoms with Crippen LogP contribution in [0.25, 0.3) is 11.5 Å². The molecule has 0 radical (unpaired) electrons. The maximum atomic E-state index is 12.5. The highest BCUT2D eigenvalue weighted by Gasteiger charge is 2.16. The molecule has 0 spiro atoms. The fraction of sp³-hybridized carbons (Fsp3) is 0.0455. The molecule has 0 aliphatic carbocycles. The number of benzene rings is 3. The van der Waals surface area contributed by atoms with Gasteiger partial charge in [0.25, 0.3) is 15.9 Å². The first kappa shape index (κ1) is 22.8. The van der Waals surface area contributed by atoms with Gasteiger partial charge in [0.15, 0.2) is 0 Å². The van der Waals surface area contributed by atoms with E-state index in [0.717, 1.165) is 10.5 Å². The second-order valence-corrected chi connectivity index (χ2v) is 9.73. The lowest BCUT2D eigenvalue weighted by molar-refractivity contribution is 0.102. The van der Waals surface area contributed by atoms with Crippen LogP contribution in [0.5, 0.6) is 0 Å². The van der Waals surface area contributed by atoms with Gasteiger partial charge >= 0.3 is 6.01 Å². The van der Waals surface area contributed by atoms with Gasteiger partial charge in [0, 0.05) is 26.7 Å². The number of thioether (sulfide) groups is 1. The number of rotatable bonds is 7. The van der Waals surface area contributed by atoms with E-state index in [0.29, 0.717) is 10.7 Å². The van der Waals surface area contributed by atoms with Crippen molar-refractivity contribution in [3.8, 4) is 11.5 Å². The Bertz CT molecular complexity index is 1390. The number of halogens is 1. The molecule has 168 valence electrons. The molecule has 0 atom stereocenters. The van der Waals surface area contributed by atoms with Gasteiger partial charge in [0.05, 0.1) is 4.90 Å². The van der Waals surface area contributed by atoms with Crippen molar-refractivity contribution in [2.45, 2.75) is 9.79 Å². The topological polar surface area (TPSA) is 114 Å². The van der Waals surface area contributed by atoms with Crippen LogP contribution in [-0.4, -0.2) is 30.8 Å². The molecule has 8 nitrogen and oxygen atoms in total. The molecule has 0 bridgehead atoms. The van der Waals surface area contributed by atoms with Crippen LogP contribution < -0.4 is 10.0 Å². The van der Waals surface area contributed by atoms with Gasteiger partial charge in [-0.1, -0.05) is 22.8 Å². The Morgan fingerprint density at radius 1 is 1.00 bits per heavy atom. The first-order valence-corrected chi connectivity index (χ1v) is 12.6. The van der Waals surface area contributed by atoms with Gasteiger partial charge in [-0.3, -0.25) is 14.8 Å². The highest BCUT2D eigenvalue weighted by Crippen LogP contribution is 2.25. The van der Waals surface area contributed by atoms with Crippen molar-refractivity contribution in [1.82, 2.24) is 10.2 Å². The average molecular weight is 501 g/mol. The summed E-state index contributed by atoms with van der Waals surface area (Å²) in [5, 5.41) is 10.8. The molecule has 1 heterocycles. The molecule has 3 aromatic carbocycles. The largest absolute Gasteiger partial charge is 0.403 e. The zero-order valence-corrected chi connectivity index (χ0v) is 19.5. The Morgan fingerprint density at radius 3 is 2.42 bits per heavy atom. The molecule has 33 heavy (non-hydrogen) atoms. The highest BCUT2D eigenvalue weighted by atomic mass is 35.5. The summed E-state index contributed by atoms with van der Waals surface area (Å²) in [5.41, 5.74) is 1.33. The molecule has 0 saturated carbocycles.